The van der Waals surface area contributed by atoms with Crippen LogP contribution in [-0.4, -0.2) is 206 Å². The molecule has 115 heavy (non-hydrogen) atoms. The van der Waals surface area contributed by atoms with E-state index in [0.717, 1.165) is 17.1 Å². The predicted octanol–water partition coefficient (Wildman–Crippen LogP) is -4.50. The average molecular weight is 1730 g/mol. The Hall–Kier alpha value is -10.5. The first-order chi connectivity index (χ1) is 53.5. The van der Waals surface area contributed by atoms with Crippen LogP contribution in [0.4, 0.5) is 35.3 Å². The standard InChI is InChI=1S/C16H19N3O6.C14H17N3O4.C13H15N3O8S2.C11H9Cl2N3O3.C11H11N3O5S.C2H5Cl.Na/c20-7-5-19(6-8-21)15(24)11-3-1-10(2-4-11)9-12-13(22)17-16(25)18-14(12)23;1-17(2)10-7-8(4-5-11(10)21-3)6-9-12(18)15-14(20)16-13(9)19;17-11-10(12(18)16-13(19)15-11)7-8-1-3-9(4-2-8)26(23,24)14-5-6-25(20,21)22;12-7-2-1-5(4-8(7)16-13)3-6-9(17)14-11(19)15-10(6)18;12-20(18,19)7-3-1-6(2-4-7)5-8-9(15)13-11(17)14-10(8)16;1-2-3;/h1-4,12,20-21H,5-9H2,(H2,17,18,22,23,25);4-5,7,9H,6H2,1-3H3,(H2,15,16,18,19,20);1-4,10,14H,5-7H2,(H,20,21,22)(H2,15,16,17,18,19);1-2,4,6,16H,3H2,(H2,14,15,17,18,19);1-4,8H,5H2,(H2,12,18,19)(H2,13,14,15,16,17);2H2,1H3;/q;;;;;;+1/p-1. The maximum Gasteiger partial charge on any atom is 1.00 e. The molecular weight excluding hydrogens is 1660 g/mol. The summed E-state index contributed by atoms with van der Waals surface area (Å²) in [6.07, 6.45) is 0.461. The number of nitrogens with one attached hydrogen (secondary N) is 12. The summed E-state index contributed by atoms with van der Waals surface area (Å²) in [6.45, 7) is 1.12. The van der Waals surface area contributed by atoms with Gasteiger partial charge in [-0.05, 0) is 121 Å². The number of nitrogens with two attached hydrogens (primary N) is 1. The molecule has 21 amide bonds. The van der Waals surface area contributed by atoms with Crippen molar-refractivity contribution >= 4 is 172 Å². The van der Waals surface area contributed by atoms with Gasteiger partial charge in [0.05, 0.1) is 62.4 Å². The monoisotopic (exact) mass is 1730 g/mol. The predicted molar refractivity (Wildman–Crippen MR) is 400 cm³/mol. The van der Waals surface area contributed by atoms with Crippen molar-refractivity contribution in [3.05, 3.63) is 148 Å². The van der Waals surface area contributed by atoms with Crippen molar-refractivity contribution in [1.82, 2.24) is 62.8 Å². The van der Waals surface area contributed by atoms with Gasteiger partial charge in [-0.25, -0.2) is 59.1 Å². The first-order valence-corrected chi connectivity index (χ1v) is 39.0. The van der Waals surface area contributed by atoms with Crippen LogP contribution in [0.3, 0.4) is 0 Å². The number of halogens is 3. The Morgan fingerprint density at radius 3 is 1.09 bits per heavy atom. The number of alkyl halides is 1. The van der Waals surface area contributed by atoms with E-state index in [1.54, 1.807) is 61.7 Å². The molecule has 48 heteroatoms. The van der Waals surface area contributed by atoms with Crippen molar-refractivity contribution in [1.29, 1.82) is 0 Å². The van der Waals surface area contributed by atoms with Gasteiger partial charge in [-0.3, -0.25) is 111 Å². The van der Waals surface area contributed by atoms with E-state index in [0.29, 0.717) is 44.3 Å². The van der Waals surface area contributed by atoms with E-state index in [2.05, 4.69) is 15.5 Å². The Morgan fingerprint density at radius 2 is 0.791 bits per heavy atom. The van der Waals surface area contributed by atoms with Crippen molar-refractivity contribution in [2.24, 2.45) is 34.7 Å². The van der Waals surface area contributed by atoms with E-state index in [4.69, 9.17) is 55.1 Å². The molecule has 5 fully saturated rings. The second-order valence-electron chi connectivity index (χ2n) is 24.3. The topological polar surface area (TPSA) is 625 Å². The summed E-state index contributed by atoms with van der Waals surface area (Å²) in [5.41, 5.74) is 4.88. The van der Waals surface area contributed by atoms with Gasteiger partial charge in [0, 0.05) is 56.9 Å². The van der Waals surface area contributed by atoms with Crippen LogP contribution in [-0.2, 0) is 110 Å². The number of benzene rings is 5. The number of methoxy groups -OCH3 is 1. The minimum Gasteiger partial charge on any atom is -0.748 e. The molecule has 5 saturated heterocycles. The van der Waals surface area contributed by atoms with E-state index in [9.17, 15) is 107 Å². The first-order valence-electron chi connectivity index (χ1n) is 33.1. The minimum atomic E-state index is -4.54. The van der Waals surface area contributed by atoms with Crippen LogP contribution in [0.2, 0.25) is 5.02 Å². The Bertz CT molecular complexity index is 4780. The quantitative estimate of drug-likeness (QED) is 0.00910. The molecule has 0 saturated carbocycles. The van der Waals surface area contributed by atoms with E-state index in [-0.39, 0.29) is 104 Å². The Kier molecular flexibility index (Phi) is 37.9. The minimum absolute atomic E-state index is 0. The van der Waals surface area contributed by atoms with E-state index < -0.39 is 161 Å². The first kappa shape index (κ1) is 96.9. The number of nitrogens with zero attached hydrogens (tertiary/aromatic N) is 2. The molecule has 0 unspecified atom stereocenters. The molecule has 5 aliphatic rings. The number of barbiturate groups is 5. The molecule has 41 nitrogen and oxygen atoms in total. The van der Waals surface area contributed by atoms with Crippen LogP contribution in [0.15, 0.2) is 119 Å². The van der Waals surface area contributed by atoms with Gasteiger partial charge in [-0.2, -0.15) is 0 Å². The number of hydrogen-bond acceptors (Lipinski definition) is 28. The van der Waals surface area contributed by atoms with Gasteiger partial charge in [0.2, 0.25) is 79.1 Å². The molecular formula is C67H75Cl3N15NaO26S3. The van der Waals surface area contributed by atoms with Crippen LogP contribution < -0.4 is 107 Å². The Morgan fingerprint density at radius 1 is 0.496 bits per heavy atom. The SMILES string of the molecule is CCCl.COc1ccc(CC2C(=O)NC(=O)NC2=O)cc1N(C)C.NS(=O)(=O)c1ccc(CC2C(=O)NC(=O)NC2=O)cc1.O=C1NC(=O)C(Cc2ccc(C(=O)N(CCO)CCO)cc2)C(=O)N1.O=C1NC(=O)C(Cc2ccc(Cl)c(NCl)c2)C(=O)N1.O=C1NC(=O)C(Cc2ccc(S(=O)(=O)NCCS(=O)(=O)[O-])cc2)C(=O)N1.[Na+]. The van der Waals surface area contributed by atoms with Crippen LogP contribution >= 0.6 is 35.0 Å². The zero-order valence-electron chi connectivity index (χ0n) is 61.3. The van der Waals surface area contributed by atoms with Crippen molar-refractivity contribution in [3.63, 3.8) is 0 Å². The third kappa shape index (κ3) is 30.4. The van der Waals surface area contributed by atoms with E-state index in [1.165, 1.54) is 53.4 Å². The van der Waals surface area contributed by atoms with Gasteiger partial charge < -0.3 is 29.3 Å². The smallest absolute Gasteiger partial charge is 0.748 e. The fraction of sp³-hybridized carbons (Fsp3) is 0.313. The Balaban J connectivity index is 0.000000301. The molecule has 0 radical (unpaired) electrons. The molecule has 5 aromatic rings. The maximum atomic E-state index is 12.3. The van der Waals surface area contributed by atoms with Crippen LogP contribution in [0, 0.1) is 29.6 Å². The average Bonchev–Trinajstić information content (AvgIpc) is 0.820. The van der Waals surface area contributed by atoms with Crippen LogP contribution in [0.1, 0.15) is 45.1 Å². The largest absolute Gasteiger partial charge is 1.00 e. The van der Waals surface area contributed by atoms with E-state index >= 15 is 0 Å². The number of aliphatic hydroxyl groups excluding tert-OH is 2. The number of carbonyl (C=O) groups excluding carboxylic acids is 16. The molecule has 0 spiro atoms. The number of ether oxygens (including phenoxy) is 1. The second kappa shape index (κ2) is 45.0. The van der Waals surface area contributed by atoms with Gasteiger partial charge in [-0.15, -0.1) is 11.6 Å². The second-order valence-corrected chi connectivity index (χ2v) is 30.3. The molecule has 5 aliphatic heterocycles. The molecule has 5 aromatic carbocycles. The number of rotatable bonds is 24. The third-order valence-corrected chi connectivity index (χ3v) is 19.6. The molecule has 0 atom stereocenters. The summed E-state index contributed by atoms with van der Waals surface area (Å²) in [5.74, 6) is -11.4. The number of amides is 21. The molecule has 0 aliphatic carbocycles. The number of carbonyl (C=O) groups is 16. The number of anilines is 2. The van der Waals surface area contributed by atoms with Gasteiger partial charge in [0.15, 0.2) is 0 Å². The zero-order valence-corrected chi connectivity index (χ0v) is 68.0. The van der Waals surface area contributed by atoms with E-state index in [1.807, 2.05) is 79.2 Å². The zero-order chi connectivity index (χ0) is 85.1. The van der Waals surface area contributed by atoms with Crippen LogP contribution in [0.5, 0.6) is 5.75 Å². The number of aliphatic hydroxyl groups is 2. The van der Waals surface area contributed by atoms with Gasteiger partial charge >= 0.3 is 59.7 Å². The summed E-state index contributed by atoms with van der Waals surface area (Å²) in [4.78, 5) is 189. The molecule has 0 bridgehead atoms. The summed E-state index contributed by atoms with van der Waals surface area (Å²) < 4.78 is 84.8. The molecule has 5 heterocycles. The third-order valence-electron chi connectivity index (χ3n) is 15.9. The van der Waals surface area contributed by atoms with Crippen molar-refractivity contribution in [2.75, 3.05) is 75.4 Å². The number of sulfonamides is 2. The molecule has 614 valence electrons. The number of imide groups is 10. The fourth-order valence-electron chi connectivity index (χ4n) is 10.4. The van der Waals surface area contributed by atoms with Gasteiger partial charge in [0.25, 0.3) is 5.91 Å². The van der Waals surface area contributed by atoms with Crippen LogP contribution in [0.25, 0.3) is 0 Å². The van der Waals surface area contributed by atoms with Crippen molar-refractivity contribution in [2.45, 2.75) is 48.8 Å². The summed E-state index contributed by atoms with van der Waals surface area (Å²) in [7, 11) is -7.02. The number of hydrogen-bond donors (Lipinski definition) is 15. The van der Waals surface area contributed by atoms with Crippen molar-refractivity contribution in [3.8, 4) is 5.75 Å². The number of urea groups is 5. The normalized spacial score (nSPS) is 15.5. The summed E-state index contributed by atoms with van der Waals surface area (Å²) in [5, 5.41) is 43.6. The number of primary sulfonamides is 1. The summed E-state index contributed by atoms with van der Waals surface area (Å²) in [6, 6.07) is 23.1. The van der Waals surface area contributed by atoms with Gasteiger partial charge in [-0.1, -0.05) is 67.1 Å². The molecule has 16 N–H and O–H groups in total. The van der Waals surface area contributed by atoms with Gasteiger partial charge in [0.1, 0.15) is 35.3 Å². The summed E-state index contributed by atoms with van der Waals surface area (Å²) >= 11 is 16.3. The Labute approximate surface area is 692 Å². The maximum absolute atomic E-state index is 12.3. The molecule has 10 rings (SSSR count). The van der Waals surface area contributed by atoms with Crippen molar-refractivity contribution < 1.29 is 151 Å². The fourth-order valence-corrected chi connectivity index (χ4v) is 12.8. The molecule has 0 aromatic heterocycles.